The van der Waals surface area contributed by atoms with Crippen molar-refractivity contribution in [2.75, 3.05) is 6.61 Å². The van der Waals surface area contributed by atoms with Gasteiger partial charge in [-0.2, -0.15) is 4.98 Å². The van der Waals surface area contributed by atoms with E-state index in [0.717, 1.165) is 37.4 Å². The zero-order chi connectivity index (χ0) is 10.4. The fourth-order valence-electron chi connectivity index (χ4n) is 1.21. The van der Waals surface area contributed by atoms with Crippen molar-refractivity contribution in [3.63, 3.8) is 0 Å². The van der Waals surface area contributed by atoms with Crippen LogP contribution in [-0.4, -0.2) is 16.6 Å². The standard InChI is InChI=1S/C11H18N2O/c1-4-6-10-12-9(3)8-11(13-10)14-7-5-2/h8H,4-7H2,1-3H3. The maximum absolute atomic E-state index is 5.47. The number of nitrogens with zero attached hydrogens (tertiary/aromatic N) is 2. The zero-order valence-electron chi connectivity index (χ0n) is 9.21. The highest BCUT2D eigenvalue weighted by Crippen LogP contribution is 2.10. The molecule has 0 saturated heterocycles. The van der Waals surface area contributed by atoms with Gasteiger partial charge in [-0.1, -0.05) is 13.8 Å². The molecule has 3 nitrogen and oxygen atoms in total. The van der Waals surface area contributed by atoms with Crippen LogP contribution in [0.1, 0.15) is 38.2 Å². The van der Waals surface area contributed by atoms with Gasteiger partial charge < -0.3 is 4.74 Å². The van der Waals surface area contributed by atoms with E-state index in [1.165, 1.54) is 0 Å². The first-order valence-electron chi connectivity index (χ1n) is 5.23. The van der Waals surface area contributed by atoms with E-state index >= 15 is 0 Å². The molecule has 1 aromatic rings. The fraction of sp³-hybridized carbons (Fsp3) is 0.636. The highest BCUT2D eigenvalue weighted by Gasteiger charge is 2.01. The Labute approximate surface area is 85.5 Å². The molecule has 0 aliphatic carbocycles. The Morgan fingerprint density at radius 1 is 1.21 bits per heavy atom. The van der Waals surface area contributed by atoms with E-state index in [9.17, 15) is 0 Å². The smallest absolute Gasteiger partial charge is 0.216 e. The van der Waals surface area contributed by atoms with E-state index in [2.05, 4.69) is 23.8 Å². The van der Waals surface area contributed by atoms with Crippen molar-refractivity contribution < 1.29 is 4.74 Å². The van der Waals surface area contributed by atoms with E-state index in [4.69, 9.17) is 4.74 Å². The van der Waals surface area contributed by atoms with E-state index in [1.807, 2.05) is 13.0 Å². The topological polar surface area (TPSA) is 35.0 Å². The number of ether oxygens (including phenoxy) is 1. The van der Waals surface area contributed by atoms with Gasteiger partial charge in [0.15, 0.2) is 0 Å². The van der Waals surface area contributed by atoms with E-state index in [1.54, 1.807) is 0 Å². The van der Waals surface area contributed by atoms with Crippen LogP contribution in [0.3, 0.4) is 0 Å². The molecule has 78 valence electrons. The Kier molecular flexibility index (Phi) is 4.36. The fourth-order valence-corrected chi connectivity index (χ4v) is 1.21. The third kappa shape index (κ3) is 3.32. The van der Waals surface area contributed by atoms with Gasteiger partial charge in [-0.05, 0) is 19.8 Å². The van der Waals surface area contributed by atoms with Gasteiger partial charge in [-0.3, -0.25) is 0 Å². The first kappa shape index (κ1) is 11.0. The van der Waals surface area contributed by atoms with Crippen molar-refractivity contribution in [3.05, 3.63) is 17.6 Å². The first-order chi connectivity index (χ1) is 6.76. The van der Waals surface area contributed by atoms with Crippen LogP contribution in [0, 0.1) is 6.92 Å². The van der Waals surface area contributed by atoms with Crippen molar-refractivity contribution in [2.24, 2.45) is 0 Å². The van der Waals surface area contributed by atoms with Crippen LogP contribution in [0.15, 0.2) is 6.07 Å². The number of aromatic nitrogens is 2. The molecule has 0 unspecified atom stereocenters. The van der Waals surface area contributed by atoms with Crippen LogP contribution >= 0.6 is 0 Å². The van der Waals surface area contributed by atoms with Gasteiger partial charge in [-0.25, -0.2) is 4.98 Å². The molecule has 1 rings (SSSR count). The molecule has 0 fully saturated rings. The molecule has 0 spiro atoms. The summed E-state index contributed by atoms with van der Waals surface area (Å²) in [5.41, 5.74) is 0.981. The van der Waals surface area contributed by atoms with Crippen LogP contribution in [0.4, 0.5) is 0 Å². The first-order valence-corrected chi connectivity index (χ1v) is 5.23. The van der Waals surface area contributed by atoms with Gasteiger partial charge in [0.05, 0.1) is 6.61 Å². The Balaban J connectivity index is 2.73. The van der Waals surface area contributed by atoms with Crippen LogP contribution < -0.4 is 4.74 Å². The van der Waals surface area contributed by atoms with Gasteiger partial charge in [0.1, 0.15) is 5.82 Å². The van der Waals surface area contributed by atoms with Crippen molar-refractivity contribution in [1.29, 1.82) is 0 Å². The van der Waals surface area contributed by atoms with Gasteiger partial charge >= 0.3 is 0 Å². The van der Waals surface area contributed by atoms with Crippen molar-refractivity contribution >= 4 is 0 Å². The monoisotopic (exact) mass is 194 g/mol. The number of aryl methyl sites for hydroxylation is 2. The summed E-state index contributed by atoms with van der Waals surface area (Å²) in [6.45, 7) is 6.90. The van der Waals surface area contributed by atoms with Crippen LogP contribution in [-0.2, 0) is 6.42 Å². The lowest BCUT2D eigenvalue weighted by molar-refractivity contribution is 0.303. The zero-order valence-corrected chi connectivity index (χ0v) is 9.21. The van der Waals surface area contributed by atoms with E-state index in [0.29, 0.717) is 5.88 Å². The molecule has 0 atom stereocenters. The molecular weight excluding hydrogens is 176 g/mol. The minimum Gasteiger partial charge on any atom is -0.478 e. The molecule has 0 saturated carbocycles. The van der Waals surface area contributed by atoms with Gasteiger partial charge in [0.25, 0.3) is 0 Å². The predicted octanol–water partition coefficient (Wildman–Crippen LogP) is 2.53. The SMILES string of the molecule is CCCOc1cc(C)nc(CCC)n1. The van der Waals surface area contributed by atoms with Crippen molar-refractivity contribution in [1.82, 2.24) is 9.97 Å². The Morgan fingerprint density at radius 3 is 2.64 bits per heavy atom. The normalized spacial score (nSPS) is 10.2. The summed E-state index contributed by atoms with van der Waals surface area (Å²) < 4.78 is 5.47. The maximum Gasteiger partial charge on any atom is 0.216 e. The highest BCUT2D eigenvalue weighted by atomic mass is 16.5. The molecule has 0 radical (unpaired) electrons. The molecule has 14 heavy (non-hydrogen) atoms. The lowest BCUT2D eigenvalue weighted by atomic mass is 10.3. The van der Waals surface area contributed by atoms with Gasteiger partial charge in [-0.15, -0.1) is 0 Å². The Morgan fingerprint density at radius 2 is 2.00 bits per heavy atom. The van der Waals surface area contributed by atoms with E-state index < -0.39 is 0 Å². The molecule has 0 bridgehead atoms. The third-order valence-corrected chi connectivity index (χ3v) is 1.80. The number of hydrogen-bond donors (Lipinski definition) is 0. The molecular formula is C11H18N2O. The number of hydrogen-bond acceptors (Lipinski definition) is 3. The maximum atomic E-state index is 5.47. The average Bonchev–Trinajstić information content (AvgIpc) is 2.14. The van der Waals surface area contributed by atoms with Crippen molar-refractivity contribution in [3.8, 4) is 5.88 Å². The summed E-state index contributed by atoms with van der Waals surface area (Å²) in [4.78, 5) is 8.67. The number of rotatable bonds is 5. The second kappa shape index (κ2) is 5.58. The molecule has 3 heteroatoms. The minimum atomic E-state index is 0.711. The highest BCUT2D eigenvalue weighted by molar-refractivity contribution is 5.15. The van der Waals surface area contributed by atoms with E-state index in [-0.39, 0.29) is 0 Å². The Bertz CT molecular complexity index is 287. The molecule has 1 aromatic heterocycles. The molecule has 0 aliphatic heterocycles. The average molecular weight is 194 g/mol. The molecule has 0 aromatic carbocycles. The van der Waals surface area contributed by atoms with Crippen molar-refractivity contribution in [2.45, 2.75) is 40.0 Å². The molecule has 0 aliphatic rings. The largest absolute Gasteiger partial charge is 0.478 e. The quantitative estimate of drug-likeness (QED) is 0.722. The molecule has 0 amide bonds. The molecule has 0 N–H and O–H groups in total. The Hall–Kier alpha value is -1.12. The summed E-state index contributed by atoms with van der Waals surface area (Å²) in [5.74, 6) is 1.60. The molecule has 1 heterocycles. The lowest BCUT2D eigenvalue weighted by Gasteiger charge is -2.06. The van der Waals surface area contributed by atoms with Crippen LogP contribution in [0.2, 0.25) is 0 Å². The van der Waals surface area contributed by atoms with Crippen LogP contribution in [0.25, 0.3) is 0 Å². The van der Waals surface area contributed by atoms with Gasteiger partial charge in [0, 0.05) is 18.2 Å². The third-order valence-electron chi connectivity index (χ3n) is 1.80. The van der Waals surface area contributed by atoms with Crippen LogP contribution in [0.5, 0.6) is 5.88 Å². The lowest BCUT2D eigenvalue weighted by Crippen LogP contribution is -2.02. The predicted molar refractivity (Wildman–Crippen MR) is 56.6 cm³/mol. The second-order valence-electron chi connectivity index (χ2n) is 3.36. The summed E-state index contributed by atoms with van der Waals surface area (Å²) in [6.07, 6.45) is 2.99. The second-order valence-corrected chi connectivity index (χ2v) is 3.36. The van der Waals surface area contributed by atoms with Gasteiger partial charge in [0.2, 0.25) is 5.88 Å². The summed E-state index contributed by atoms with van der Waals surface area (Å²) in [7, 11) is 0. The summed E-state index contributed by atoms with van der Waals surface area (Å²) >= 11 is 0. The summed E-state index contributed by atoms with van der Waals surface area (Å²) in [6, 6.07) is 1.88. The minimum absolute atomic E-state index is 0.711. The summed E-state index contributed by atoms with van der Waals surface area (Å²) in [5, 5.41) is 0.